The molecule has 0 aliphatic carbocycles. The second-order valence-corrected chi connectivity index (χ2v) is 6.78. The zero-order valence-electron chi connectivity index (χ0n) is 16.1. The molecule has 0 saturated carbocycles. The highest BCUT2D eigenvalue weighted by Gasteiger charge is 2.07. The molecule has 2 N–H and O–H groups in total. The first-order chi connectivity index (χ1) is 13.1. The van der Waals surface area contributed by atoms with Crippen LogP contribution in [0.1, 0.15) is 11.1 Å². The molecule has 0 radical (unpaired) electrons. The van der Waals surface area contributed by atoms with Crippen LogP contribution in [0, 0.1) is 6.92 Å². The largest absolute Gasteiger partial charge is 0.366 e. The SMILES string of the molecule is Cc1cccc(CNc2cc(-c3cccnc3)nc(NCCN(C)C)n2)c1. The van der Waals surface area contributed by atoms with E-state index in [9.17, 15) is 0 Å². The third kappa shape index (κ3) is 5.76. The lowest BCUT2D eigenvalue weighted by atomic mass is 10.1. The molecule has 6 heteroatoms. The maximum atomic E-state index is 4.65. The summed E-state index contributed by atoms with van der Waals surface area (Å²) in [7, 11) is 4.09. The lowest BCUT2D eigenvalue weighted by molar-refractivity contribution is 0.425. The molecule has 140 valence electrons. The number of hydrogen-bond acceptors (Lipinski definition) is 6. The summed E-state index contributed by atoms with van der Waals surface area (Å²) in [5.41, 5.74) is 4.28. The fourth-order valence-corrected chi connectivity index (χ4v) is 2.69. The third-order valence-electron chi connectivity index (χ3n) is 4.08. The summed E-state index contributed by atoms with van der Waals surface area (Å²) in [6.07, 6.45) is 3.58. The van der Waals surface area contributed by atoms with E-state index >= 15 is 0 Å². The number of pyridine rings is 1. The molecule has 27 heavy (non-hydrogen) atoms. The first-order valence-electron chi connectivity index (χ1n) is 9.07. The normalized spacial score (nSPS) is 10.8. The van der Waals surface area contributed by atoms with Gasteiger partial charge in [-0.2, -0.15) is 4.98 Å². The number of nitrogens with one attached hydrogen (secondary N) is 2. The van der Waals surface area contributed by atoms with Crippen LogP contribution in [-0.4, -0.2) is 47.0 Å². The van der Waals surface area contributed by atoms with Crippen molar-refractivity contribution in [1.82, 2.24) is 19.9 Å². The van der Waals surface area contributed by atoms with Crippen LogP contribution in [0.25, 0.3) is 11.3 Å². The van der Waals surface area contributed by atoms with Gasteiger partial charge in [-0.15, -0.1) is 0 Å². The van der Waals surface area contributed by atoms with Crippen molar-refractivity contribution in [1.29, 1.82) is 0 Å². The Labute approximate surface area is 160 Å². The summed E-state index contributed by atoms with van der Waals surface area (Å²) in [5.74, 6) is 1.41. The van der Waals surface area contributed by atoms with Gasteiger partial charge in [-0.05, 0) is 38.7 Å². The van der Waals surface area contributed by atoms with Crippen LogP contribution in [0.15, 0.2) is 54.9 Å². The van der Waals surface area contributed by atoms with Crippen molar-refractivity contribution >= 4 is 11.8 Å². The van der Waals surface area contributed by atoms with Crippen LogP contribution in [0.2, 0.25) is 0 Å². The molecule has 0 saturated heterocycles. The minimum absolute atomic E-state index is 0.616. The van der Waals surface area contributed by atoms with Gasteiger partial charge in [-0.1, -0.05) is 29.8 Å². The number of rotatable bonds is 8. The first kappa shape index (κ1) is 18.8. The molecule has 2 aromatic heterocycles. The van der Waals surface area contributed by atoms with Gasteiger partial charge >= 0.3 is 0 Å². The Hall–Kier alpha value is -2.99. The second kappa shape index (κ2) is 9.09. The van der Waals surface area contributed by atoms with Gasteiger partial charge in [0.05, 0.1) is 5.69 Å². The van der Waals surface area contributed by atoms with Gasteiger partial charge in [0.15, 0.2) is 0 Å². The Bertz CT molecular complexity index is 864. The van der Waals surface area contributed by atoms with Crippen molar-refractivity contribution in [2.75, 3.05) is 37.8 Å². The highest BCUT2D eigenvalue weighted by atomic mass is 15.2. The van der Waals surface area contributed by atoms with Gasteiger partial charge < -0.3 is 15.5 Å². The highest BCUT2D eigenvalue weighted by molar-refractivity contribution is 5.63. The van der Waals surface area contributed by atoms with E-state index in [0.29, 0.717) is 12.5 Å². The average molecular weight is 362 g/mol. The molecule has 3 aromatic rings. The Morgan fingerprint density at radius 2 is 1.89 bits per heavy atom. The van der Waals surface area contributed by atoms with E-state index in [1.165, 1.54) is 11.1 Å². The number of hydrogen-bond donors (Lipinski definition) is 2. The zero-order valence-corrected chi connectivity index (χ0v) is 16.1. The van der Waals surface area contributed by atoms with Crippen LogP contribution in [0.5, 0.6) is 0 Å². The van der Waals surface area contributed by atoms with Crippen LogP contribution in [0.4, 0.5) is 11.8 Å². The van der Waals surface area contributed by atoms with Gasteiger partial charge in [-0.25, -0.2) is 4.98 Å². The van der Waals surface area contributed by atoms with Crippen LogP contribution in [-0.2, 0) is 6.54 Å². The predicted molar refractivity (Wildman–Crippen MR) is 111 cm³/mol. The van der Waals surface area contributed by atoms with Gasteiger partial charge in [-0.3, -0.25) is 4.98 Å². The Morgan fingerprint density at radius 1 is 1.00 bits per heavy atom. The quantitative estimate of drug-likeness (QED) is 0.640. The average Bonchev–Trinajstić information content (AvgIpc) is 2.67. The maximum absolute atomic E-state index is 4.65. The van der Waals surface area contributed by atoms with Crippen LogP contribution < -0.4 is 10.6 Å². The Morgan fingerprint density at radius 3 is 2.63 bits per heavy atom. The van der Waals surface area contributed by atoms with Gasteiger partial charge in [0, 0.05) is 43.7 Å². The van der Waals surface area contributed by atoms with Crippen LogP contribution >= 0.6 is 0 Å². The van der Waals surface area contributed by atoms with Crippen molar-refractivity contribution in [2.24, 2.45) is 0 Å². The summed E-state index contributed by atoms with van der Waals surface area (Å²) in [4.78, 5) is 15.6. The van der Waals surface area contributed by atoms with E-state index in [-0.39, 0.29) is 0 Å². The molecule has 0 amide bonds. The predicted octanol–water partition coefficient (Wildman–Crippen LogP) is 3.43. The molecule has 0 fully saturated rings. The summed E-state index contributed by atoms with van der Waals surface area (Å²) >= 11 is 0. The monoisotopic (exact) mass is 362 g/mol. The lowest BCUT2D eigenvalue weighted by Gasteiger charge is -2.13. The van der Waals surface area contributed by atoms with Crippen molar-refractivity contribution in [2.45, 2.75) is 13.5 Å². The van der Waals surface area contributed by atoms with Crippen molar-refractivity contribution in [3.8, 4) is 11.3 Å². The van der Waals surface area contributed by atoms with Crippen LogP contribution in [0.3, 0.4) is 0 Å². The van der Waals surface area contributed by atoms with E-state index in [4.69, 9.17) is 0 Å². The topological polar surface area (TPSA) is 66.0 Å². The summed E-state index contributed by atoms with van der Waals surface area (Å²) in [6.45, 7) is 4.50. The standard InChI is InChI=1S/C21H26N6/c1-16-6-4-7-17(12-16)14-24-20-13-19(18-8-5-9-22-15-18)25-21(26-20)23-10-11-27(2)3/h4-9,12-13,15H,10-11,14H2,1-3H3,(H2,23,24,25,26). The van der Waals surface area contributed by atoms with Crippen molar-refractivity contribution in [3.05, 3.63) is 66.0 Å². The third-order valence-corrected chi connectivity index (χ3v) is 4.08. The number of likely N-dealkylation sites (N-methyl/N-ethyl adjacent to an activating group) is 1. The van der Waals surface area contributed by atoms with Gasteiger partial charge in [0.2, 0.25) is 5.95 Å². The molecule has 0 spiro atoms. The van der Waals surface area contributed by atoms with E-state index in [0.717, 1.165) is 30.2 Å². The van der Waals surface area contributed by atoms with E-state index in [1.54, 1.807) is 6.20 Å². The first-order valence-corrected chi connectivity index (χ1v) is 9.07. The Kier molecular flexibility index (Phi) is 6.33. The molecule has 0 bridgehead atoms. The Balaban J connectivity index is 1.80. The zero-order chi connectivity index (χ0) is 19.1. The maximum Gasteiger partial charge on any atom is 0.225 e. The van der Waals surface area contributed by atoms with Gasteiger partial charge in [0.1, 0.15) is 5.82 Å². The molecule has 3 rings (SSSR count). The number of nitrogens with zero attached hydrogens (tertiary/aromatic N) is 4. The molecule has 6 nitrogen and oxygen atoms in total. The number of aromatic nitrogens is 3. The molecule has 1 aromatic carbocycles. The fourth-order valence-electron chi connectivity index (χ4n) is 2.69. The number of aryl methyl sites for hydroxylation is 1. The van der Waals surface area contributed by atoms with Crippen molar-refractivity contribution < 1.29 is 0 Å². The number of benzene rings is 1. The lowest BCUT2D eigenvalue weighted by Crippen LogP contribution is -2.21. The molecule has 0 aliphatic rings. The highest BCUT2D eigenvalue weighted by Crippen LogP contribution is 2.21. The number of anilines is 2. The second-order valence-electron chi connectivity index (χ2n) is 6.78. The minimum Gasteiger partial charge on any atom is -0.366 e. The molecule has 2 heterocycles. The molecular weight excluding hydrogens is 336 g/mol. The molecular formula is C21H26N6. The van der Waals surface area contributed by atoms with E-state index in [1.807, 2.05) is 38.5 Å². The van der Waals surface area contributed by atoms with E-state index < -0.39 is 0 Å². The van der Waals surface area contributed by atoms with E-state index in [2.05, 4.69) is 61.7 Å². The fraction of sp³-hybridized carbons (Fsp3) is 0.286. The summed E-state index contributed by atoms with van der Waals surface area (Å²) < 4.78 is 0. The summed E-state index contributed by atoms with van der Waals surface area (Å²) in [5, 5.41) is 6.73. The van der Waals surface area contributed by atoms with Gasteiger partial charge in [0.25, 0.3) is 0 Å². The molecule has 0 unspecified atom stereocenters. The molecule has 0 aliphatic heterocycles. The van der Waals surface area contributed by atoms with Crippen molar-refractivity contribution in [3.63, 3.8) is 0 Å². The molecule has 0 atom stereocenters. The summed E-state index contributed by atoms with van der Waals surface area (Å²) in [6, 6.07) is 14.3. The smallest absolute Gasteiger partial charge is 0.225 e. The minimum atomic E-state index is 0.616.